The Labute approximate surface area is 136 Å². The summed E-state index contributed by atoms with van der Waals surface area (Å²) in [5.41, 5.74) is 0.181. The predicted octanol–water partition coefficient (Wildman–Crippen LogP) is 1.72. The van der Waals surface area contributed by atoms with Gasteiger partial charge < -0.3 is 5.32 Å². The molecule has 1 aromatic carbocycles. The Morgan fingerprint density at radius 1 is 1.22 bits per heavy atom. The third kappa shape index (κ3) is 3.64. The maximum atomic E-state index is 12.1. The smallest absolute Gasteiger partial charge is 0.267 e. The molecule has 1 amide bonds. The molecular formula is C15H12ClN5O2. The monoisotopic (exact) mass is 329 g/mol. The second kappa shape index (κ2) is 6.45. The number of nitrogens with zero attached hydrogens (tertiary/aromatic N) is 4. The summed E-state index contributed by atoms with van der Waals surface area (Å²) in [5, 5.41) is 11.3. The molecule has 0 saturated heterocycles. The fourth-order valence-electron chi connectivity index (χ4n) is 1.98. The van der Waals surface area contributed by atoms with Crippen LogP contribution in [0.1, 0.15) is 0 Å². The first-order valence-corrected chi connectivity index (χ1v) is 7.13. The molecule has 3 rings (SSSR count). The summed E-state index contributed by atoms with van der Waals surface area (Å²) in [6, 6.07) is 11.4. The van der Waals surface area contributed by atoms with Crippen LogP contribution in [-0.2, 0) is 11.3 Å². The van der Waals surface area contributed by atoms with Crippen molar-refractivity contribution in [1.29, 1.82) is 0 Å². The molecule has 0 bridgehead atoms. The second-order valence-electron chi connectivity index (χ2n) is 4.70. The van der Waals surface area contributed by atoms with Gasteiger partial charge in [0.15, 0.2) is 5.82 Å². The van der Waals surface area contributed by atoms with E-state index in [-0.39, 0.29) is 18.0 Å². The largest absolute Gasteiger partial charge is 0.324 e. The number of hydrogen-bond acceptors (Lipinski definition) is 4. The summed E-state index contributed by atoms with van der Waals surface area (Å²) in [7, 11) is 0. The zero-order valence-corrected chi connectivity index (χ0v) is 12.6. The molecule has 0 radical (unpaired) electrons. The average Bonchev–Trinajstić information content (AvgIpc) is 3.04. The van der Waals surface area contributed by atoms with Crippen LogP contribution in [0.5, 0.6) is 0 Å². The standard InChI is InChI=1S/C15H12ClN5O2/c16-11-3-1-4-12(9-11)18-14(22)10-21-15(23)6-5-13(19-21)20-8-2-7-17-20/h1-9H,10H2,(H,18,22). The lowest BCUT2D eigenvalue weighted by Gasteiger charge is -2.08. The van der Waals surface area contributed by atoms with Gasteiger partial charge in [-0.15, -0.1) is 5.10 Å². The van der Waals surface area contributed by atoms with Crippen LogP contribution in [0.2, 0.25) is 5.02 Å². The van der Waals surface area contributed by atoms with E-state index in [1.807, 2.05) is 0 Å². The maximum Gasteiger partial charge on any atom is 0.267 e. The van der Waals surface area contributed by atoms with E-state index in [9.17, 15) is 9.59 Å². The van der Waals surface area contributed by atoms with Crippen molar-refractivity contribution < 1.29 is 4.79 Å². The summed E-state index contributed by atoms with van der Waals surface area (Å²) in [6.45, 7) is -0.208. The normalized spacial score (nSPS) is 10.5. The SMILES string of the molecule is O=C(Cn1nc(-n2cccn2)ccc1=O)Nc1cccc(Cl)c1. The van der Waals surface area contributed by atoms with Crippen molar-refractivity contribution in [1.82, 2.24) is 19.6 Å². The molecule has 0 unspecified atom stereocenters. The average molecular weight is 330 g/mol. The second-order valence-corrected chi connectivity index (χ2v) is 5.13. The van der Waals surface area contributed by atoms with Crippen molar-refractivity contribution in [2.45, 2.75) is 6.54 Å². The van der Waals surface area contributed by atoms with Gasteiger partial charge in [0.05, 0.1) is 0 Å². The molecule has 0 aliphatic rings. The number of benzene rings is 1. The minimum absolute atomic E-state index is 0.208. The Morgan fingerprint density at radius 2 is 2.09 bits per heavy atom. The summed E-state index contributed by atoms with van der Waals surface area (Å²) < 4.78 is 2.59. The number of carbonyl (C=O) groups is 1. The van der Waals surface area contributed by atoms with Crippen LogP contribution in [0.3, 0.4) is 0 Å². The first-order chi connectivity index (χ1) is 11.1. The zero-order chi connectivity index (χ0) is 16.2. The molecule has 0 aliphatic heterocycles. The van der Waals surface area contributed by atoms with Gasteiger partial charge >= 0.3 is 0 Å². The summed E-state index contributed by atoms with van der Waals surface area (Å²) in [4.78, 5) is 23.9. The molecule has 2 aromatic heterocycles. The van der Waals surface area contributed by atoms with Gasteiger partial charge in [0.25, 0.3) is 5.56 Å². The van der Waals surface area contributed by atoms with Gasteiger partial charge in [0.2, 0.25) is 5.91 Å². The van der Waals surface area contributed by atoms with E-state index in [1.54, 1.807) is 48.8 Å². The van der Waals surface area contributed by atoms with Gasteiger partial charge in [-0.05, 0) is 30.3 Å². The Hall–Kier alpha value is -2.93. The molecule has 0 spiro atoms. The number of nitrogens with one attached hydrogen (secondary N) is 1. The molecule has 0 fully saturated rings. The van der Waals surface area contributed by atoms with Crippen LogP contribution in [-0.4, -0.2) is 25.5 Å². The number of anilines is 1. The van der Waals surface area contributed by atoms with Gasteiger partial charge in [0, 0.05) is 29.2 Å². The number of halogens is 1. The zero-order valence-electron chi connectivity index (χ0n) is 11.9. The minimum Gasteiger partial charge on any atom is -0.324 e. The van der Waals surface area contributed by atoms with Crippen molar-refractivity contribution in [3.63, 3.8) is 0 Å². The molecule has 7 nitrogen and oxygen atoms in total. The Balaban J connectivity index is 1.78. The third-order valence-corrected chi connectivity index (χ3v) is 3.23. The molecule has 0 saturated carbocycles. The van der Waals surface area contributed by atoms with Crippen molar-refractivity contribution in [3.05, 3.63) is 70.2 Å². The molecule has 2 heterocycles. The van der Waals surface area contributed by atoms with Gasteiger partial charge in [-0.2, -0.15) is 5.10 Å². The fraction of sp³-hybridized carbons (Fsp3) is 0.0667. The molecular weight excluding hydrogens is 318 g/mol. The molecule has 1 N–H and O–H groups in total. The third-order valence-electron chi connectivity index (χ3n) is 2.99. The molecule has 8 heteroatoms. The topological polar surface area (TPSA) is 81.8 Å². The highest BCUT2D eigenvalue weighted by Gasteiger charge is 2.08. The summed E-state index contributed by atoms with van der Waals surface area (Å²) in [5.74, 6) is 0.0737. The van der Waals surface area contributed by atoms with E-state index >= 15 is 0 Å². The van der Waals surface area contributed by atoms with Gasteiger partial charge in [-0.1, -0.05) is 17.7 Å². The number of amides is 1. The van der Waals surface area contributed by atoms with Gasteiger partial charge in [-0.25, -0.2) is 9.36 Å². The van der Waals surface area contributed by atoms with E-state index in [0.717, 1.165) is 4.68 Å². The lowest BCUT2D eigenvalue weighted by Crippen LogP contribution is -2.30. The van der Waals surface area contributed by atoms with Crippen molar-refractivity contribution >= 4 is 23.2 Å². The highest BCUT2D eigenvalue weighted by atomic mass is 35.5. The molecule has 23 heavy (non-hydrogen) atoms. The molecule has 3 aromatic rings. The van der Waals surface area contributed by atoms with E-state index in [4.69, 9.17) is 11.6 Å². The van der Waals surface area contributed by atoms with E-state index in [0.29, 0.717) is 16.5 Å². The van der Waals surface area contributed by atoms with E-state index in [2.05, 4.69) is 15.5 Å². The molecule has 116 valence electrons. The Morgan fingerprint density at radius 3 is 2.83 bits per heavy atom. The van der Waals surface area contributed by atoms with Crippen LogP contribution in [0.4, 0.5) is 5.69 Å². The number of rotatable bonds is 4. The first-order valence-electron chi connectivity index (χ1n) is 6.75. The van der Waals surface area contributed by atoms with Crippen LogP contribution in [0, 0.1) is 0 Å². The number of carbonyl (C=O) groups excluding carboxylic acids is 1. The predicted molar refractivity (Wildman–Crippen MR) is 85.7 cm³/mol. The van der Waals surface area contributed by atoms with Crippen LogP contribution in [0.25, 0.3) is 5.82 Å². The van der Waals surface area contributed by atoms with E-state index in [1.165, 1.54) is 10.7 Å². The minimum atomic E-state index is -0.375. The number of hydrogen-bond donors (Lipinski definition) is 1. The van der Waals surface area contributed by atoms with Gasteiger partial charge in [-0.3, -0.25) is 9.59 Å². The van der Waals surface area contributed by atoms with E-state index < -0.39 is 0 Å². The lowest BCUT2D eigenvalue weighted by atomic mass is 10.3. The highest BCUT2D eigenvalue weighted by Crippen LogP contribution is 2.14. The lowest BCUT2D eigenvalue weighted by molar-refractivity contribution is -0.117. The fourth-order valence-corrected chi connectivity index (χ4v) is 2.17. The van der Waals surface area contributed by atoms with Crippen molar-refractivity contribution in [2.75, 3.05) is 5.32 Å². The van der Waals surface area contributed by atoms with Crippen molar-refractivity contribution in [3.8, 4) is 5.82 Å². The molecule has 0 atom stereocenters. The molecule has 0 aliphatic carbocycles. The number of aromatic nitrogens is 4. The van der Waals surface area contributed by atoms with Gasteiger partial charge in [0.1, 0.15) is 6.54 Å². The summed E-state index contributed by atoms with van der Waals surface area (Å²) >= 11 is 5.86. The summed E-state index contributed by atoms with van der Waals surface area (Å²) in [6.07, 6.45) is 3.30. The quantitative estimate of drug-likeness (QED) is 0.790. The first kappa shape index (κ1) is 15.0. The Bertz CT molecular complexity index is 889. The van der Waals surface area contributed by atoms with Crippen LogP contribution < -0.4 is 10.9 Å². The highest BCUT2D eigenvalue weighted by molar-refractivity contribution is 6.30. The van der Waals surface area contributed by atoms with Crippen LogP contribution in [0.15, 0.2) is 59.7 Å². The van der Waals surface area contributed by atoms with Crippen molar-refractivity contribution in [2.24, 2.45) is 0 Å². The maximum absolute atomic E-state index is 12.1. The van der Waals surface area contributed by atoms with Crippen LogP contribution >= 0.6 is 11.6 Å². The Kier molecular flexibility index (Phi) is 4.20.